The number of likely N-dealkylation sites (N-methyl/N-ethyl adjacent to an activating group) is 1. The van der Waals surface area contributed by atoms with Gasteiger partial charge in [-0.25, -0.2) is 0 Å². The van der Waals surface area contributed by atoms with Crippen LogP contribution in [-0.2, 0) is 19.7 Å². The molecule has 3 N–H and O–H groups in total. The first-order valence-corrected chi connectivity index (χ1v) is 13.2. The maximum Gasteiger partial charge on any atom is 0.266 e. The summed E-state index contributed by atoms with van der Waals surface area (Å²) in [6.45, 7) is 3.89. The lowest BCUT2D eigenvalue weighted by atomic mass is 9.70. The van der Waals surface area contributed by atoms with E-state index in [1.807, 2.05) is 68.4 Å². The zero-order valence-corrected chi connectivity index (χ0v) is 21.0. The number of aliphatic imine (C=N–C) groups is 1. The topological polar surface area (TPSA) is 130 Å². The quantitative estimate of drug-likeness (QED) is 0.627. The summed E-state index contributed by atoms with van der Waals surface area (Å²) in [4.78, 5) is 30.0. The van der Waals surface area contributed by atoms with Gasteiger partial charge in [0.05, 0.1) is 22.6 Å². The highest BCUT2D eigenvalue weighted by Crippen LogP contribution is 2.64. The number of carbonyl (C=O) groups is 2. The van der Waals surface area contributed by atoms with E-state index in [0.717, 1.165) is 28.9 Å². The maximum absolute atomic E-state index is 12.2. The van der Waals surface area contributed by atoms with Crippen molar-refractivity contribution in [2.24, 2.45) is 27.5 Å². The molecule has 3 aliphatic rings. The van der Waals surface area contributed by atoms with Crippen molar-refractivity contribution < 1.29 is 22.6 Å². The molecule has 2 aliphatic carbocycles. The highest BCUT2D eigenvalue weighted by atomic mass is 32.2. The standard InChI is InChI=1S/C16H15N3O.C10H16O4S/c1-19-13-10-6-5-9-12(13)14(18-15(17)16(19)20)11-7-3-2-4-8-11;1-9(2)7-3-4-10(9,8(11)5-7)6-15(12,13)14/h2-10,15H,17H2,1H3;7H,3-6H2,1-2H3,(H,12,13,14). The van der Waals surface area contributed by atoms with Gasteiger partial charge in [0, 0.05) is 24.6 Å². The molecule has 1 amide bonds. The lowest BCUT2D eigenvalue weighted by Gasteiger charge is -2.35. The number of para-hydroxylation sites is 1. The molecule has 2 aromatic rings. The molecule has 8 nitrogen and oxygen atoms in total. The molecule has 35 heavy (non-hydrogen) atoms. The van der Waals surface area contributed by atoms with Crippen LogP contribution in [0.15, 0.2) is 59.6 Å². The smallest absolute Gasteiger partial charge is 0.266 e. The fraction of sp³-hybridized carbons (Fsp3) is 0.423. The van der Waals surface area contributed by atoms with E-state index in [2.05, 4.69) is 4.99 Å². The SMILES string of the molecule is CC1(C)C2CCC1(CS(=O)(=O)O)C(=O)C2.CN1C(=O)C(N)N=C(c2ccccc2)c2ccccc21. The van der Waals surface area contributed by atoms with Crippen LogP contribution in [-0.4, -0.2) is 49.3 Å². The number of carbonyl (C=O) groups excluding carboxylic acids is 2. The summed E-state index contributed by atoms with van der Waals surface area (Å²) < 4.78 is 31.0. The Morgan fingerprint density at radius 1 is 1.09 bits per heavy atom. The van der Waals surface area contributed by atoms with Gasteiger partial charge in [-0.05, 0) is 30.2 Å². The van der Waals surface area contributed by atoms with Crippen LogP contribution in [0.4, 0.5) is 5.69 Å². The van der Waals surface area contributed by atoms with Crippen molar-refractivity contribution in [2.75, 3.05) is 17.7 Å². The van der Waals surface area contributed by atoms with Gasteiger partial charge in [-0.2, -0.15) is 8.42 Å². The molecule has 5 rings (SSSR count). The van der Waals surface area contributed by atoms with E-state index < -0.39 is 27.5 Å². The van der Waals surface area contributed by atoms with Crippen LogP contribution in [0.1, 0.15) is 44.2 Å². The average molecular weight is 498 g/mol. The second kappa shape index (κ2) is 8.96. The summed E-state index contributed by atoms with van der Waals surface area (Å²) in [5.41, 5.74) is 8.24. The molecule has 3 atom stereocenters. The Bertz CT molecular complexity index is 1290. The van der Waals surface area contributed by atoms with Crippen LogP contribution >= 0.6 is 0 Å². The van der Waals surface area contributed by atoms with Crippen LogP contribution in [0, 0.1) is 16.7 Å². The zero-order valence-electron chi connectivity index (χ0n) is 20.1. The van der Waals surface area contributed by atoms with E-state index in [4.69, 9.17) is 10.3 Å². The molecule has 0 radical (unpaired) electrons. The Kier molecular flexibility index (Phi) is 6.46. The van der Waals surface area contributed by atoms with E-state index in [1.165, 1.54) is 0 Å². The van der Waals surface area contributed by atoms with Crippen molar-refractivity contribution >= 4 is 33.2 Å². The lowest BCUT2D eigenvalue weighted by Crippen LogP contribution is -2.42. The molecule has 3 unspecified atom stereocenters. The predicted molar refractivity (Wildman–Crippen MR) is 135 cm³/mol. The molecular weight excluding hydrogens is 466 g/mol. The Morgan fingerprint density at radius 3 is 2.29 bits per heavy atom. The highest BCUT2D eigenvalue weighted by molar-refractivity contribution is 7.85. The van der Waals surface area contributed by atoms with Gasteiger partial charge in [0.1, 0.15) is 5.78 Å². The third-order valence-electron chi connectivity index (χ3n) is 7.99. The molecule has 2 fully saturated rings. The Labute approximate surface area is 206 Å². The number of ketones is 1. The number of benzene rings is 2. The van der Waals surface area contributed by atoms with Gasteiger partial charge in [0.25, 0.3) is 16.0 Å². The molecule has 2 bridgehead atoms. The van der Waals surface area contributed by atoms with Crippen molar-refractivity contribution in [3.8, 4) is 0 Å². The summed E-state index contributed by atoms with van der Waals surface area (Å²) in [5, 5.41) is 0. The Morgan fingerprint density at radius 2 is 1.71 bits per heavy atom. The average Bonchev–Trinajstić information content (AvgIpc) is 3.11. The number of nitrogens with two attached hydrogens (primary N) is 1. The molecular formula is C26H31N3O5S. The van der Waals surface area contributed by atoms with Crippen molar-refractivity contribution in [3.05, 3.63) is 65.7 Å². The van der Waals surface area contributed by atoms with Crippen LogP contribution in [0.5, 0.6) is 0 Å². The zero-order chi connectivity index (χ0) is 25.6. The van der Waals surface area contributed by atoms with Crippen molar-refractivity contribution in [1.82, 2.24) is 0 Å². The van der Waals surface area contributed by atoms with Crippen LogP contribution in [0.3, 0.4) is 0 Å². The third-order valence-corrected chi connectivity index (χ3v) is 8.85. The molecule has 2 saturated carbocycles. The number of nitrogens with zero attached hydrogens (tertiary/aromatic N) is 2. The van der Waals surface area contributed by atoms with Gasteiger partial charge < -0.3 is 10.6 Å². The number of anilines is 1. The van der Waals surface area contributed by atoms with Gasteiger partial charge in [-0.3, -0.25) is 19.1 Å². The lowest BCUT2D eigenvalue weighted by molar-refractivity contribution is -0.128. The highest BCUT2D eigenvalue weighted by Gasteiger charge is 2.65. The second-order valence-electron chi connectivity index (χ2n) is 10.1. The first-order valence-electron chi connectivity index (χ1n) is 11.6. The third kappa shape index (κ3) is 4.44. The van der Waals surface area contributed by atoms with Gasteiger partial charge in [-0.1, -0.05) is 62.4 Å². The van der Waals surface area contributed by atoms with E-state index in [1.54, 1.807) is 11.9 Å². The molecule has 2 aromatic carbocycles. The van der Waals surface area contributed by atoms with Crippen molar-refractivity contribution in [3.63, 3.8) is 0 Å². The number of hydrogen-bond acceptors (Lipinski definition) is 6. The van der Waals surface area contributed by atoms with Crippen LogP contribution in [0.25, 0.3) is 0 Å². The number of Topliss-reactive ketones (excluding diaryl/α,β-unsaturated/α-hetero) is 1. The Balaban J connectivity index is 0.000000172. The number of hydrogen-bond donors (Lipinski definition) is 2. The van der Waals surface area contributed by atoms with E-state index in [9.17, 15) is 18.0 Å². The molecule has 1 aliphatic heterocycles. The minimum Gasteiger partial charge on any atom is -0.312 e. The normalized spacial score (nSPS) is 27.0. The summed E-state index contributed by atoms with van der Waals surface area (Å²) in [5.74, 6) is -0.306. The van der Waals surface area contributed by atoms with Crippen molar-refractivity contribution in [2.45, 2.75) is 39.3 Å². The maximum atomic E-state index is 12.2. The number of fused-ring (bicyclic) bond motifs is 3. The minimum absolute atomic E-state index is 0.0152. The molecule has 1 heterocycles. The monoisotopic (exact) mass is 497 g/mol. The first-order chi connectivity index (χ1) is 16.4. The summed E-state index contributed by atoms with van der Waals surface area (Å²) in [6.07, 6.45) is 1.10. The molecule has 186 valence electrons. The largest absolute Gasteiger partial charge is 0.312 e. The molecule has 0 saturated heterocycles. The summed E-state index contributed by atoms with van der Waals surface area (Å²) in [7, 11) is -2.35. The fourth-order valence-electron chi connectivity index (χ4n) is 5.79. The minimum atomic E-state index is -4.08. The van der Waals surface area contributed by atoms with E-state index in [-0.39, 0.29) is 23.0 Å². The molecule has 9 heteroatoms. The summed E-state index contributed by atoms with van der Waals surface area (Å²) >= 11 is 0. The van der Waals surface area contributed by atoms with Gasteiger partial charge in [-0.15, -0.1) is 0 Å². The van der Waals surface area contributed by atoms with Gasteiger partial charge in [0.2, 0.25) is 0 Å². The fourth-order valence-corrected chi connectivity index (χ4v) is 7.09. The van der Waals surface area contributed by atoms with Gasteiger partial charge in [0.15, 0.2) is 6.17 Å². The van der Waals surface area contributed by atoms with Crippen LogP contribution in [0.2, 0.25) is 0 Å². The molecule has 0 spiro atoms. The van der Waals surface area contributed by atoms with E-state index >= 15 is 0 Å². The first kappa shape index (κ1) is 25.2. The number of rotatable bonds is 3. The second-order valence-corrected chi connectivity index (χ2v) is 11.5. The molecule has 0 aromatic heterocycles. The van der Waals surface area contributed by atoms with Crippen molar-refractivity contribution in [1.29, 1.82) is 0 Å². The number of amides is 1. The predicted octanol–water partition coefficient (Wildman–Crippen LogP) is 3.05. The summed E-state index contributed by atoms with van der Waals surface area (Å²) in [6, 6.07) is 17.5. The van der Waals surface area contributed by atoms with Crippen LogP contribution < -0.4 is 10.6 Å². The van der Waals surface area contributed by atoms with E-state index in [0.29, 0.717) is 12.8 Å². The number of benzodiazepines with no additional fused rings is 1. The Hall–Kier alpha value is -2.88. The van der Waals surface area contributed by atoms with Gasteiger partial charge >= 0.3 is 0 Å².